The molecule has 1 atom stereocenters. The minimum absolute atomic E-state index is 0. The minimum Gasteiger partial charge on any atom is -0.313 e. The van der Waals surface area contributed by atoms with Crippen LogP contribution in [0.5, 0.6) is 0 Å². The molecule has 0 saturated carbocycles. The molecule has 1 nitrogen and oxygen atoms in total. The average Bonchev–Trinajstić information content (AvgIpc) is 2.10. The van der Waals surface area contributed by atoms with Gasteiger partial charge in [0.15, 0.2) is 0 Å². The van der Waals surface area contributed by atoms with Crippen LogP contribution in [0.15, 0.2) is 0 Å². The van der Waals surface area contributed by atoms with E-state index in [-0.39, 0.29) is 12.4 Å². The van der Waals surface area contributed by atoms with Gasteiger partial charge in [0.1, 0.15) is 0 Å². The molecule has 0 aromatic heterocycles. The largest absolute Gasteiger partial charge is 0.313 e. The highest BCUT2D eigenvalue weighted by Gasteiger charge is 2.03. The second-order valence-electron chi connectivity index (χ2n) is 2.99. The number of rotatable bonds is 8. The van der Waals surface area contributed by atoms with Gasteiger partial charge in [-0.2, -0.15) is 0 Å². The molecule has 0 heterocycles. The summed E-state index contributed by atoms with van der Waals surface area (Å²) >= 11 is 11.4. The van der Waals surface area contributed by atoms with Crippen molar-refractivity contribution in [2.75, 3.05) is 18.3 Å². The summed E-state index contributed by atoms with van der Waals surface area (Å²) in [5, 5.41) is 3.39. The molecule has 0 fully saturated rings. The molecule has 0 spiro atoms. The summed E-state index contributed by atoms with van der Waals surface area (Å²) < 4.78 is 0. The number of nitrogens with one attached hydrogen (secondary N) is 1. The van der Waals surface area contributed by atoms with Crippen LogP contribution in [0.2, 0.25) is 0 Å². The Morgan fingerprint density at radius 1 is 1.23 bits per heavy atom. The number of hydrogen-bond donors (Lipinski definition) is 1. The first-order chi connectivity index (χ1) is 5.85. The first-order valence-electron chi connectivity index (χ1n) is 4.70. The molecule has 0 aromatic rings. The molecule has 0 amide bonds. The molecule has 4 heteroatoms. The van der Waals surface area contributed by atoms with E-state index in [0.717, 1.165) is 13.0 Å². The highest BCUT2D eigenvalue weighted by Crippen LogP contribution is 1.98. The predicted molar refractivity (Wildman–Crippen MR) is 64.6 cm³/mol. The van der Waals surface area contributed by atoms with Crippen LogP contribution < -0.4 is 5.32 Å². The van der Waals surface area contributed by atoms with E-state index in [9.17, 15) is 0 Å². The van der Waals surface area contributed by atoms with Gasteiger partial charge < -0.3 is 5.32 Å². The lowest BCUT2D eigenvalue weighted by Gasteiger charge is -2.13. The second kappa shape index (κ2) is 12.8. The monoisotopic (exact) mass is 247 g/mol. The van der Waals surface area contributed by atoms with Gasteiger partial charge in [-0.1, -0.05) is 19.8 Å². The summed E-state index contributed by atoms with van der Waals surface area (Å²) in [5.74, 6) is 1.36. The van der Waals surface area contributed by atoms with Crippen LogP contribution in [0.4, 0.5) is 0 Å². The third kappa shape index (κ3) is 10.8. The highest BCUT2D eigenvalue weighted by atomic mass is 35.5. The minimum atomic E-state index is 0. The Labute approximate surface area is 98.0 Å². The SMILES string of the molecule is CCCCCNC(CCl)CCCl.Cl. The molecule has 0 radical (unpaired) electrons. The van der Waals surface area contributed by atoms with Gasteiger partial charge in [0.25, 0.3) is 0 Å². The standard InChI is InChI=1S/C9H19Cl2N.ClH/c1-2-3-4-7-12-9(8-11)5-6-10;/h9,12H,2-8H2,1H3;1H. The Kier molecular flexibility index (Phi) is 16.1. The van der Waals surface area contributed by atoms with E-state index in [4.69, 9.17) is 23.2 Å². The first-order valence-corrected chi connectivity index (χ1v) is 5.77. The molecule has 0 aromatic carbocycles. The molecular formula is C9H20Cl3N. The fourth-order valence-electron chi connectivity index (χ4n) is 1.05. The van der Waals surface area contributed by atoms with Gasteiger partial charge in [-0.15, -0.1) is 35.6 Å². The lowest BCUT2D eigenvalue weighted by molar-refractivity contribution is 0.520. The van der Waals surface area contributed by atoms with Crippen molar-refractivity contribution >= 4 is 35.6 Å². The molecule has 0 aliphatic carbocycles. The van der Waals surface area contributed by atoms with Crippen LogP contribution in [0.1, 0.15) is 32.6 Å². The van der Waals surface area contributed by atoms with Crippen LogP contribution in [0, 0.1) is 0 Å². The smallest absolute Gasteiger partial charge is 0.0377 e. The van der Waals surface area contributed by atoms with Crippen LogP contribution >= 0.6 is 35.6 Å². The summed E-state index contributed by atoms with van der Waals surface area (Å²) in [5.41, 5.74) is 0. The van der Waals surface area contributed by atoms with Gasteiger partial charge in [-0.3, -0.25) is 0 Å². The number of unbranched alkanes of at least 4 members (excludes halogenated alkanes) is 2. The fourth-order valence-corrected chi connectivity index (χ4v) is 1.57. The van der Waals surface area contributed by atoms with Crippen molar-refractivity contribution < 1.29 is 0 Å². The van der Waals surface area contributed by atoms with Crippen molar-refractivity contribution in [3.05, 3.63) is 0 Å². The number of hydrogen-bond acceptors (Lipinski definition) is 1. The zero-order valence-corrected chi connectivity index (χ0v) is 10.5. The van der Waals surface area contributed by atoms with Crippen molar-refractivity contribution in [3.63, 3.8) is 0 Å². The summed E-state index contributed by atoms with van der Waals surface area (Å²) in [7, 11) is 0. The van der Waals surface area contributed by atoms with Crippen molar-refractivity contribution in [3.8, 4) is 0 Å². The van der Waals surface area contributed by atoms with Crippen LogP contribution in [0.25, 0.3) is 0 Å². The molecule has 0 saturated heterocycles. The molecule has 1 unspecified atom stereocenters. The maximum atomic E-state index is 5.74. The fraction of sp³-hybridized carbons (Fsp3) is 1.00. The lowest BCUT2D eigenvalue weighted by Crippen LogP contribution is -2.31. The quantitative estimate of drug-likeness (QED) is 0.513. The molecule has 13 heavy (non-hydrogen) atoms. The van der Waals surface area contributed by atoms with Crippen molar-refractivity contribution in [2.24, 2.45) is 0 Å². The van der Waals surface area contributed by atoms with Gasteiger partial charge >= 0.3 is 0 Å². The third-order valence-electron chi connectivity index (χ3n) is 1.86. The average molecular weight is 249 g/mol. The lowest BCUT2D eigenvalue weighted by atomic mass is 10.2. The summed E-state index contributed by atoms with van der Waals surface area (Å²) in [6, 6.07) is 0.404. The molecule has 0 aliphatic heterocycles. The van der Waals surface area contributed by atoms with Crippen molar-refractivity contribution in [2.45, 2.75) is 38.6 Å². The molecule has 0 bridgehead atoms. The van der Waals surface area contributed by atoms with E-state index in [1.807, 2.05) is 0 Å². The van der Waals surface area contributed by atoms with Crippen LogP contribution in [-0.4, -0.2) is 24.3 Å². The van der Waals surface area contributed by atoms with Crippen LogP contribution in [0.3, 0.4) is 0 Å². The zero-order valence-electron chi connectivity index (χ0n) is 8.19. The molecular weight excluding hydrogens is 228 g/mol. The summed E-state index contributed by atoms with van der Waals surface area (Å²) in [4.78, 5) is 0. The van der Waals surface area contributed by atoms with Crippen molar-refractivity contribution in [1.29, 1.82) is 0 Å². The predicted octanol–water partition coefficient (Wildman–Crippen LogP) is 3.42. The molecule has 0 rings (SSSR count). The Morgan fingerprint density at radius 3 is 2.38 bits per heavy atom. The van der Waals surface area contributed by atoms with Gasteiger partial charge in [-0.05, 0) is 19.4 Å². The topological polar surface area (TPSA) is 12.0 Å². The second-order valence-corrected chi connectivity index (χ2v) is 3.68. The number of halogens is 3. The van der Waals surface area contributed by atoms with Gasteiger partial charge in [0.2, 0.25) is 0 Å². The normalized spacial score (nSPS) is 12.2. The summed E-state index contributed by atoms with van der Waals surface area (Å²) in [6.45, 7) is 3.28. The Hall–Kier alpha value is 0.830. The molecule has 1 N–H and O–H groups in total. The van der Waals surface area contributed by atoms with Crippen LogP contribution in [-0.2, 0) is 0 Å². The van der Waals surface area contributed by atoms with E-state index in [1.54, 1.807) is 0 Å². The third-order valence-corrected chi connectivity index (χ3v) is 2.45. The molecule has 0 aliphatic rings. The first kappa shape index (κ1) is 16.3. The van der Waals surface area contributed by atoms with Gasteiger partial charge in [0, 0.05) is 17.8 Å². The highest BCUT2D eigenvalue weighted by molar-refractivity contribution is 6.19. The van der Waals surface area contributed by atoms with Gasteiger partial charge in [0.05, 0.1) is 0 Å². The van der Waals surface area contributed by atoms with E-state index in [0.29, 0.717) is 17.8 Å². The maximum absolute atomic E-state index is 5.74. The van der Waals surface area contributed by atoms with E-state index in [1.165, 1.54) is 19.3 Å². The Balaban J connectivity index is 0. The van der Waals surface area contributed by atoms with Crippen molar-refractivity contribution in [1.82, 2.24) is 5.32 Å². The van der Waals surface area contributed by atoms with E-state index < -0.39 is 0 Å². The van der Waals surface area contributed by atoms with E-state index >= 15 is 0 Å². The number of alkyl halides is 2. The van der Waals surface area contributed by atoms with E-state index in [2.05, 4.69) is 12.2 Å². The Bertz CT molecular complexity index is 90.9. The Morgan fingerprint density at radius 2 is 1.92 bits per heavy atom. The zero-order chi connectivity index (χ0) is 9.23. The maximum Gasteiger partial charge on any atom is 0.0377 e. The van der Waals surface area contributed by atoms with Gasteiger partial charge in [-0.25, -0.2) is 0 Å². The summed E-state index contributed by atoms with van der Waals surface area (Å²) in [6.07, 6.45) is 4.77. The molecule has 82 valence electrons.